The predicted octanol–water partition coefficient (Wildman–Crippen LogP) is 3.95. The van der Waals surface area contributed by atoms with Crippen LogP contribution >= 0.6 is 0 Å². The Kier molecular flexibility index (Phi) is 20.9. The van der Waals surface area contributed by atoms with Gasteiger partial charge < -0.3 is 4.98 Å². The van der Waals surface area contributed by atoms with E-state index < -0.39 is 20.0 Å². The summed E-state index contributed by atoms with van der Waals surface area (Å²) in [6.45, 7) is -11.0. The van der Waals surface area contributed by atoms with Gasteiger partial charge in [0, 0.05) is 12.4 Å². The van der Waals surface area contributed by atoms with Gasteiger partial charge in [-0.15, -0.1) is 0 Å². The van der Waals surface area contributed by atoms with Crippen LogP contribution in [0.15, 0.2) is 18.7 Å². The molecule has 1 heterocycles. The van der Waals surface area contributed by atoms with Crippen LogP contribution in [-0.4, -0.2) is 30.0 Å². The summed E-state index contributed by atoms with van der Waals surface area (Å²) in [5.41, 5.74) is 0. The van der Waals surface area contributed by atoms with E-state index in [0.717, 1.165) is 0 Å². The van der Waals surface area contributed by atoms with Crippen LogP contribution in [0.3, 0.4) is 0 Å². The van der Waals surface area contributed by atoms with Gasteiger partial charge >= 0.3 is 20.0 Å². The van der Waals surface area contributed by atoms with E-state index in [-0.39, 0.29) is 0 Å². The lowest BCUT2D eigenvalue weighted by molar-refractivity contribution is 0.00734. The summed E-state index contributed by atoms with van der Waals surface area (Å²) >= 11 is 0. The molecule has 0 saturated carbocycles. The van der Waals surface area contributed by atoms with Crippen molar-refractivity contribution < 1.29 is 39.5 Å². The van der Waals surface area contributed by atoms with E-state index in [1.807, 2.05) is 0 Å². The fraction of sp³-hybridized carbons (Fsp3) is 0.500. The minimum Gasteiger partial charge on any atom is -0.351 e. The molecule has 17 heavy (non-hydrogen) atoms. The van der Waals surface area contributed by atoms with Crippen LogP contribution in [0.25, 0.3) is 0 Å². The third-order valence-electron chi connectivity index (χ3n) is 0.406. The van der Waals surface area contributed by atoms with Crippen LogP contribution in [0.5, 0.6) is 0 Å². The van der Waals surface area contributed by atoms with Crippen molar-refractivity contribution in [2.75, 3.05) is 0 Å². The van der Waals surface area contributed by atoms with Crippen molar-refractivity contribution in [2.45, 2.75) is 20.0 Å². The molecule has 0 aliphatic rings. The Morgan fingerprint density at radius 1 is 0.706 bits per heavy atom. The zero-order valence-electron chi connectivity index (χ0n) is 7.81. The highest BCUT2D eigenvalue weighted by atomic mass is 19.4. The lowest BCUT2D eigenvalue weighted by atomic mass is 11.0. The molecule has 2 nitrogen and oxygen atoms in total. The molecule has 0 bridgehead atoms. The van der Waals surface area contributed by atoms with Gasteiger partial charge in [0.2, 0.25) is 0 Å². The Hall–Kier alpha value is -1.42. The average Bonchev–Trinajstić information content (AvgIpc) is 2.53. The first-order chi connectivity index (χ1) is 7.70. The normalized spacial score (nSPS) is 8.71. The maximum atomic E-state index is 9.67. The van der Waals surface area contributed by atoms with Crippen molar-refractivity contribution in [3.05, 3.63) is 18.7 Å². The van der Waals surface area contributed by atoms with Crippen LogP contribution in [0.1, 0.15) is 0 Å². The molecule has 0 fully saturated rings. The molecule has 1 N–H and O–H groups in total. The average molecular weight is 278 g/mol. The number of alkyl halides is 9. The number of hydrogen-bond donors (Lipinski definition) is 1. The number of imidazole rings is 1. The number of H-pyrrole nitrogens is 1. The quantitative estimate of drug-likeness (QED) is 0.715. The monoisotopic (exact) mass is 278 g/mol. The van der Waals surface area contributed by atoms with Crippen LogP contribution in [0, 0.1) is 0 Å². The van der Waals surface area contributed by atoms with Gasteiger partial charge in [-0.25, -0.2) is 4.98 Å². The summed E-state index contributed by atoms with van der Waals surface area (Å²) in [5.74, 6) is 0. The van der Waals surface area contributed by atoms with E-state index in [9.17, 15) is 39.5 Å². The highest BCUT2D eigenvalue weighted by Crippen LogP contribution is 1.88. The van der Waals surface area contributed by atoms with Crippen molar-refractivity contribution in [2.24, 2.45) is 0 Å². The third kappa shape index (κ3) is 180. The van der Waals surface area contributed by atoms with E-state index in [0.29, 0.717) is 0 Å². The van der Waals surface area contributed by atoms with Crippen molar-refractivity contribution in [3.63, 3.8) is 0 Å². The maximum Gasteiger partial charge on any atom is 0.379 e. The van der Waals surface area contributed by atoms with Crippen molar-refractivity contribution in [1.82, 2.24) is 9.97 Å². The Balaban J connectivity index is -0.000000155. The van der Waals surface area contributed by atoms with Crippen molar-refractivity contribution in [3.8, 4) is 0 Å². The highest BCUT2D eigenvalue weighted by molar-refractivity contribution is 4.64. The van der Waals surface area contributed by atoms with Crippen LogP contribution in [0.4, 0.5) is 39.5 Å². The van der Waals surface area contributed by atoms with Gasteiger partial charge in [-0.1, -0.05) is 0 Å². The molecule has 0 spiro atoms. The molecule has 1 aromatic rings. The third-order valence-corrected chi connectivity index (χ3v) is 0.406. The smallest absolute Gasteiger partial charge is 0.351 e. The van der Waals surface area contributed by atoms with Gasteiger partial charge in [-0.3, -0.25) is 0 Å². The summed E-state index contributed by atoms with van der Waals surface area (Å²) in [6.07, 6.45) is 5.08. The first-order valence-corrected chi connectivity index (χ1v) is 3.39. The summed E-state index contributed by atoms with van der Waals surface area (Å²) in [5, 5.41) is 0. The highest BCUT2D eigenvalue weighted by Gasteiger charge is 1.86. The molecule has 0 saturated heterocycles. The zero-order valence-corrected chi connectivity index (χ0v) is 7.81. The molecule has 11 heteroatoms. The minimum absolute atomic E-state index is 1.62. The Morgan fingerprint density at radius 2 is 1.00 bits per heavy atom. The summed E-state index contributed by atoms with van der Waals surface area (Å²) < 4.78 is 87.0. The van der Waals surface area contributed by atoms with E-state index in [1.165, 1.54) is 0 Å². The summed E-state index contributed by atoms with van der Waals surface area (Å²) in [6, 6.07) is 0. The van der Waals surface area contributed by atoms with Gasteiger partial charge in [-0.2, -0.15) is 39.5 Å². The fourth-order valence-corrected chi connectivity index (χ4v) is 0.215. The number of aromatic nitrogens is 2. The lowest BCUT2D eigenvalue weighted by Gasteiger charge is -1.65. The van der Waals surface area contributed by atoms with E-state index in [2.05, 4.69) is 9.97 Å². The molecule has 1 rings (SSSR count). The van der Waals surface area contributed by atoms with E-state index >= 15 is 0 Å². The first-order valence-electron chi connectivity index (χ1n) is 3.39. The topological polar surface area (TPSA) is 28.7 Å². The maximum absolute atomic E-state index is 9.67. The number of nitrogens with one attached hydrogen (secondary N) is 1. The Morgan fingerprint density at radius 3 is 1.06 bits per heavy atom. The zero-order chi connectivity index (χ0) is 14.3. The molecule has 0 unspecified atom stereocenters. The molecule has 0 atom stereocenters. The second kappa shape index (κ2) is 17.0. The second-order valence-corrected chi connectivity index (χ2v) is 1.50. The molecule has 0 amide bonds. The van der Waals surface area contributed by atoms with E-state index in [4.69, 9.17) is 0 Å². The van der Waals surface area contributed by atoms with Crippen LogP contribution in [-0.2, 0) is 0 Å². The number of rotatable bonds is 0. The minimum atomic E-state index is -3.67. The Bertz CT molecular complexity index is 152. The van der Waals surface area contributed by atoms with Crippen molar-refractivity contribution in [1.29, 1.82) is 0 Å². The fourth-order valence-electron chi connectivity index (χ4n) is 0.215. The molecule has 0 aromatic carbocycles. The SMILES string of the molecule is FC(F)F.FC(F)F.FC(F)F.c1c[nH]cn1. The second-order valence-electron chi connectivity index (χ2n) is 1.50. The van der Waals surface area contributed by atoms with Gasteiger partial charge in [-0.05, 0) is 0 Å². The number of halogens is 9. The van der Waals surface area contributed by atoms with Gasteiger partial charge in [0.15, 0.2) is 0 Å². The standard InChI is InChI=1S/C3H4N2.3CHF3/c1-2-5-3-4-1;3*2-1(3)4/h1-3H,(H,4,5);3*1H. The molecule has 0 aliphatic heterocycles. The molecule has 0 aliphatic carbocycles. The molecule has 1 aromatic heterocycles. The predicted molar refractivity (Wildman–Crippen MR) is 39.9 cm³/mol. The van der Waals surface area contributed by atoms with Crippen LogP contribution < -0.4 is 0 Å². The lowest BCUT2D eigenvalue weighted by Crippen LogP contribution is -1.65. The number of nitrogens with zero attached hydrogens (tertiary/aromatic N) is 1. The molecular weight excluding hydrogens is 271 g/mol. The number of hydrogen-bond acceptors (Lipinski definition) is 1. The van der Waals surface area contributed by atoms with Crippen molar-refractivity contribution >= 4 is 0 Å². The van der Waals surface area contributed by atoms with Crippen LogP contribution in [0.2, 0.25) is 0 Å². The molecule has 104 valence electrons. The summed E-state index contributed by atoms with van der Waals surface area (Å²) in [4.78, 5) is 6.42. The largest absolute Gasteiger partial charge is 0.379 e. The molecule has 0 radical (unpaired) electrons. The van der Waals surface area contributed by atoms with Gasteiger partial charge in [0.1, 0.15) is 0 Å². The van der Waals surface area contributed by atoms with E-state index in [1.54, 1.807) is 18.7 Å². The first kappa shape index (κ1) is 20.9. The summed E-state index contributed by atoms with van der Waals surface area (Å²) in [7, 11) is 0. The van der Waals surface area contributed by atoms with Gasteiger partial charge in [0.05, 0.1) is 6.33 Å². The Labute approximate surface area is 89.5 Å². The number of aromatic amines is 1. The molecular formula is C6H7F9N2. The van der Waals surface area contributed by atoms with Gasteiger partial charge in [0.25, 0.3) is 0 Å².